The Balaban J connectivity index is 1.96. The third kappa shape index (κ3) is 2.86. The average Bonchev–Trinajstić information content (AvgIpc) is 2.33. The molecule has 0 aromatic heterocycles. The van der Waals surface area contributed by atoms with Crippen LogP contribution in [0, 0.1) is 0 Å². The summed E-state index contributed by atoms with van der Waals surface area (Å²) in [6.07, 6.45) is 0. The maximum absolute atomic E-state index is 12.0. The molecule has 1 saturated heterocycles. The maximum Gasteiger partial charge on any atom is 0.176 e. The highest BCUT2D eigenvalue weighted by Crippen LogP contribution is 2.16. The summed E-state index contributed by atoms with van der Waals surface area (Å²) in [5.41, 5.74) is 0.827. The lowest BCUT2D eigenvalue weighted by Gasteiger charge is -2.32. The Hall–Kier alpha value is -0.800. The van der Waals surface area contributed by atoms with Gasteiger partial charge in [-0.1, -0.05) is 30.3 Å². The predicted molar refractivity (Wildman–Crippen MR) is 69.1 cm³/mol. The minimum absolute atomic E-state index is 0.236. The molecule has 1 heterocycles. The molecule has 0 aliphatic carbocycles. The van der Waals surface area contributed by atoms with E-state index in [1.807, 2.05) is 42.1 Å². The molecule has 2 nitrogen and oxygen atoms in total. The van der Waals surface area contributed by atoms with Crippen molar-refractivity contribution in [1.82, 2.24) is 4.90 Å². The number of thioether (sulfide) groups is 1. The second-order valence-electron chi connectivity index (χ2n) is 4.18. The van der Waals surface area contributed by atoms with E-state index in [-0.39, 0.29) is 5.78 Å². The second kappa shape index (κ2) is 5.51. The Kier molecular flexibility index (Phi) is 4.02. The molecule has 16 heavy (non-hydrogen) atoms. The summed E-state index contributed by atoms with van der Waals surface area (Å²) >= 11 is 1.98. The van der Waals surface area contributed by atoms with E-state index in [2.05, 4.69) is 11.8 Å². The molecule has 0 saturated carbocycles. The molecule has 1 atom stereocenters. The molecule has 2 rings (SSSR count). The fourth-order valence-electron chi connectivity index (χ4n) is 1.90. The lowest BCUT2D eigenvalue weighted by molar-refractivity contribution is 0.0911. The van der Waals surface area contributed by atoms with Crippen LogP contribution in [0.1, 0.15) is 17.3 Å². The predicted octanol–water partition coefficient (Wildman–Crippen LogP) is 2.31. The summed E-state index contributed by atoms with van der Waals surface area (Å²) in [6.45, 7) is 3.79. The number of hydrogen-bond donors (Lipinski definition) is 0. The summed E-state index contributed by atoms with van der Waals surface area (Å²) in [5.74, 6) is 2.52. The van der Waals surface area contributed by atoms with Gasteiger partial charge in [-0.15, -0.1) is 0 Å². The number of carbonyl (C=O) groups excluding carboxylic acids is 1. The van der Waals surface area contributed by atoms with Gasteiger partial charge < -0.3 is 0 Å². The number of Topliss-reactive ketones (excluding diaryl/α,β-unsaturated/α-hetero) is 1. The molecule has 1 aromatic carbocycles. The van der Waals surface area contributed by atoms with Crippen LogP contribution in [-0.2, 0) is 0 Å². The van der Waals surface area contributed by atoms with Crippen LogP contribution in [0.25, 0.3) is 0 Å². The van der Waals surface area contributed by atoms with Gasteiger partial charge >= 0.3 is 0 Å². The molecule has 0 amide bonds. The van der Waals surface area contributed by atoms with Crippen molar-refractivity contribution in [2.24, 2.45) is 0 Å². The summed E-state index contributed by atoms with van der Waals surface area (Å²) in [4.78, 5) is 14.3. The molecule has 0 radical (unpaired) electrons. The third-order valence-corrected chi connectivity index (χ3v) is 4.14. The van der Waals surface area contributed by atoms with Crippen molar-refractivity contribution in [3.05, 3.63) is 35.9 Å². The molecular weight excluding hydrogens is 218 g/mol. The summed E-state index contributed by atoms with van der Waals surface area (Å²) in [5, 5.41) is 0. The number of rotatable bonds is 3. The van der Waals surface area contributed by atoms with E-state index in [1.165, 1.54) is 0 Å². The third-order valence-electron chi connectivity index (χ3n) is 2.95. The van der Waals surface area contributed by atoms with Gasteiger partial charge in [0.2, 0.25) is 0 Å². The zero-order valence-electron chi connectivity index (χ0n) is 9.56. The lowest BCUT2D eigenvalue weighted by Crippen LogP contribution is -2.43. The number of ketones is 1. The Morgan fingerprint density at radius 3 is 2.88 bits per heavy atom. The smallest absolute Gasteiger partial charge is 0.176 e. The van der Waals surface area contributed by atoms with Crippen LogP contribution >= 0.6 is 11.8 Å². The lowest BCUT2D eigenvalue weighted by atomic mass is 10.1. The molecule has 0 bridgehead atoms. The van der Waals surface area contributed by atoms with Gasteiger partial charge in [0.1, 0.15) is 0 Å². The van der Waals surface area contributed by atoms with Crippen LogP contribution in [0.5, 0.6) is 0 Å². The van der Waals surface area contributed by atoms with Crippen LogP contribution < -0.4 is 0 Å². The van der Waals surface area contributed by atoms with Crippen molar-refractivity contribution in [1.29, 1.82) is 0 Å². The van der Waals surface area contributed by atoms with Crippen molar-refractivity contribution in [2.45, 2.75) is 13.0 Å². The van der Waals surface area contributed by atoms with Gasteiger partial charge in [0.05, 0.1) is 6.54 Å². The maximum atomic E-state index is 12.0. The fourth-order valence-corrected chi connectivity index (χ4v) is 2.98. The van der Waals surface area contributed by atoms with E-state index >= 15 is 0 Å². The standard InChI is InChI=1S/C13H17NOS/c1-11-10-16-8-7-14(11)9-13(15)12-5-3-2-4-6-12/h2-6,11H,7-10H2,1H3. The SMILES string of the molecule is CC1CSCCN1CC(=O)c1ccccc1. The van der Waals surface area contributed by atoms with E-state index in [9.17, 15) is 4.79 Å². The topological polar surface area (TPSA) is 20.3 Å². The number of nitrogens with zero attached hydrogens (tertiary/aromatic N) is 1. The molecule has 0 N–H and O–H groups in total. The quantitative estimate of drug-likeness (QED) is 0.750. The van der Waals surface area contributed by atoms with Crippen molar-refractivity contribution in [2.75, 3.05) is 24.6 Å². The minimum Gasteiger partial charge on any atom is -0.293 e. The molecule has 1 aromatic rings. The first-order chi connectivity index (χ1) is 7.77. The highest BCUT2D eigenvalue weighted by molar-refractivity contribution is 7.99. The van der Waals surface area contributed by atoms with Gasteiger partial charge in [-0.05, 0) is 6.92 Å². The zero-order chi connectivity index (χ0) is 11.4. The second-order valence-corrected chi connectivity index (χ2v) is 5.33. The van der Waals surface area contributed by atoms with Gasteiger partial charge in [-0.3, -0.25) is 9.69 Å². The molecule has 1 aliphatic heterocycles. The first-order valence-corrected chi connectivity index (χ1v) is 6.83. The molecule has 1 unspecified atom stereocenters. The van der Waals surface area contributed by atoms with Gasteiger partial charge in [0.15, 0.2) is 5.78 Å². The van der Waals surface area contributed by atoms with E-state index < -0.39 is 0 Å². The number of benzene rings is 1. The summed E-state index contributed by atoms with van der Waals surface area (Å²) in [6, 6.07) is 10.1. The Morgan fingerprint density at radius 1 is 1.44 bits per heavy atom. The van der Waals surface area contributed by atoms with Crippen LogP contribution in [0.3, 0.4) is 0 Å². The Morgan fingerprint density at radius 2 is 2.19 bits per heavy atom. The molecule has 0 spiro atoms. The molecular formula is C13H17NOS. The summed E-state index contributed by atoms with van der Waals surface area (Å²) < 4.78 is 0. The number of carbonyl (C=O) groups is 1. The highest BCUT2D eigenvalue weighted by atomic mass is 32.2. The van der Waals surface area contributed by atoms with Crippen molar-refractivity contribution in [3.8, 4) is 0 Å². The van der Waals surface area contributed by atoms with E-state index in [0.29, 0.717) is 12.6 Å². The summed E-state index contributed by atoms with van der Waals surface area (Å²) in [7, 11) is 0. The molecule has 3 heteroatoms. The van der Waals surface area contributed by atoms with Gasteiger partial charge in [-0.25, -0.2) is 0 Å². The Labute approximate surface area is 101 Å². The molecule has 86 valence electrons. The number of hydrogen-bond acceptors (Lipinski definition) is 3. The van der Waals surface area contributed by atoms with Crippen molar-refractivity contribution >= 4 is 17.5 Å². The van der Waals surface area contributed by atoms with Crippen LogP contribution in [0.2, 0.25) is 0 Å². The van der Waals surface area contributed by atoms with E-state index in [0.717, 1.165) is 23.6 Å². The monoisotopic (exact) mass is 235 g/mol. The van der Waals surface area contributed by atoms with E-state index in [4.69, 9.17) is 0 Å². The van der Waals surface area contributed by atoms with Gasteiger partial charge in [-0.2, -0.15) is 11.8 Å². The van der Waals surface area contributed by atoms with Crippen LogP contribution in [-0.4, -0.2) is 41.3 Å². The minimum atomic E-state index is 0.236. The van der Waals surface area contributed by atoms with Crippen molar-refractivity contribution < 1.29 is 4.79 Å². The first kappa shape index (κ1) is 11.7. The van der Waals surface area contributed by atoms with Crippen molar-refractivity contribution in [3.63, 3.8) is 0 Å². The zero-order valence-corrected chi connectivity index (χ0v) is 10.4. The van der Waals surface area contributed by atoms with Crippen LogP contribution in [0.15, 0.2) is 30.3 Å². The Bertz CT molecular complexity index is 352. The normalized spacial score (nSPS) is 21.9. The van der Waals surface area contributed by atoms with Crippen LogP contribution in [0.4, 0.5) is 0 Å². The first-order valence-electron chi connectivity index (χ1n) is 5.67. The van der Waals surface area contributed by atoms with E-state index in [1.54, 1.807) is 0 Å². The largest absolute Gasteiger partial charge is 0.293 e. The highest BCUT2D eigenvalue weighted by Gasteiger charge is 2.21. The van der Waals surface area contributed by atoms with Gasteiger partial charge in [0.25, 0.3) is 0 Å². The fraction of sp³-hybridized carbons (Fsp3) is 0.462. The molecule has 1 aliphatic rings. The van der Waals surface area contributed by atoms with Gasteiger partial charge in [0, 0.05) is 29.7 Å². The molecule has 1 fully saturated rings. The average molecular weight is 235 g/mol.